The molecular weight excluding hydrogens is 300 g/mol. The summed E-state index contributed by atoms with van der Waals surface area (Å²) in [4.78, 5) is 14.3. The van der Waals surface area contributed by atoms with Crippen LogP contribution in [-0.2, 0) is 16.0 Å². The van der Waals surface area contributed by atoms with Gasteiger partial charge in [0.05, 0.1) is 0 Å². The standard InChI is InChI=1S/C16H20N2O3S/c1-15(2)9-16(3)18(14(22)17-15)12(13(20)21-16)8-10-4-6-11(19)7-5-10/h4-7,12,19H,8-9H2,1-3H3,(H,17,22)/t12-,16+/m0/s1. The second kappa shape index (κ2) is 4.84. The van der Waals surface area contributed by atoms with Gasteiger partial charge in [0.1, 0.15) is 11.8 Å². The van der Waals surface area contributed by atoms with Gasteiger partial charge in [0.15, 0.2) is 10.8 Å². The molecule has 0 aliphatic carbocycles. The number of hydrogen-bond acceptors (Lipinski definition) is 4. The van der Waals surface area contributed by atoms with Crippen molar-refractivity contribution >= 4 is 23.3 Å². The number of phenolic OH excluding ortho intramolecular Hbond substituents is 1. The van der Waals surface area contributed by atoms with Crippen LogP contribution in [0.15, 0.2) is 24.3 Å². The van der Waals surface area contributed by atoms with Gasteiger partial charge in [-0.2, -0.15) is 0 Å². The molecule has 0 amide bonds. The number of thiocarbonyl (C=S) groups is 1. The number of rotatable bonds is 2. The number of carbonyl (C=O) groups excluding carboxylic acids is 1. The summed E-state index contributed by atoms with van der Waals surface area (Å²) in [6.07, 6.45) is 1.16. The first-order valence-corrected chi connectivity index (χ1v) is 7.73. The van der Waals surface area contributed by atoms with Crippen LogP contribution < -0.4 is 5.32 Å². The van der Waals surface area contributed by atoms with Crippen LogP contribution in [0, 0.1) is 0 Å². The Morgan fingerprint density at radius 2 is 2.00 bits per heavy atom. The number of aromatic hydroxyl groups is 1. The van der Waals surface area contributed by atoms with Gasteiger partial charge in [-0.3, -0.25) is 4.90 Å². The van der Waals surface area contributed by atoms with E-state index in [2.05, 4.69) is 5.32 Å². The second-order valence-corrected chi connectivity index (χ2v) is 7.23. The molecule has 2 saturated heterocycles. The summed E-state index contributed by atoms with van der Waals surface area (Å²) in [5, 5.41) is 13.2. The highest BCUT2D eigenvalue weighted by Crippen LogP contribution is 2.40. The second-order valence-electron chi connectivity index (χ2n) is 6.84. The Morgan fingerprint density at radius 1 is 1.36 bits per heavy atom. The Kier molecular flexibility index (Phi) is 3.32. The molecule has 6 heteroatoms. The lowest BCUT2D eigenvalue weighted by Crippen LogP contribution is -2.66. The van der Waals surface area contributed by atoms with Gasteiger partial charge in [-0.25, -0.2) is 4.79 Å². The SMILES string of the molecule is CC1(C)C[C@@]2(C)OC(=O)[C@H](Cc3ccc(O)cc3)N2C(=S)N1. The van der Waals surface area contributed by atoms with Crippen molar-refractivity contribution in [1.29, 1.82) is 0 Å². The maximum Gasteiger partial charge on any atom is 0.331 e. The van der Waals surface area contributed by atoms with E-state index in [-0.39, 0.29) is 17.3 Å². The highest BCUT2D eigenvalue weighted by atomic mass is 32.1. The van der Waals surface area contributed by atoms with Crippen molar-refractivity contribution in [3.8, 4) is 5.75 Å². The van der Waals surface area contributed by atoms with Gasteiger partial charge in [-0.1, -0.05) is 12.1 Å². The number of fused-ring (bicyclic) bond motifs is 1. The first-order valence-electron chi connectivity index (χ1n) is 7.32. The zero-order valence-electron chi connectivity index (χ0n) is 12.9. The number of phenols is 1. The van der Waals surface area contributed by atoms with Gasteiger partial charge in [-0.05, 0) is 50.7 Å². The van der Waals surface area contributed by atoms with Crippen molar-refractivity contribution in [2.24, 2.45) is 0 Å². The molecule has 1 aromatic rings. The lowest BCUT2D eigenvalue weighted by molar-refractivity contribution is -0.153. The molecule has 5 nitrogen and oxygen atoms in total. The smallest absolute Gasteiger partial charge is 0.331 e. The van der Waals surface area contributed by atoms with Crippen molar-refractivity contribution < 1.29 is 14.6 Å². The van der Waals surface area contributed by atoms with Crippen molar-refractivity contribution in [3.63, 3.8) is 0 Å². The highest BCUT2D eigenvalue weighted by molar-refractivity contribution is 7.80. The van der Waals surface area contributed by atoms with Crippen molar-refractivity contribution in [2.75, 3.05) is 0 Å². The number of carbonyl (C=O) groups is 1. The summed E-state index contributed by atoms with van der Waals surface area (Å²) in [6.45, 7) is 6.00. The first-order chi connectivity index (χ1) is 10.2. The van der Waals surface area contributed by atoms with Crippen molar-refractivity contribution in [2.45, 2.75) is 50.9 Å². The third-order valence-electron chi connectivity index (χ3n) is 4.21. The Labute approximate surface area is 135 Å². The predicted octanol–water partition coefficient (Wildman–Crippen LogP) is 1.94. The van der Waals surface area contributed by atoms with Gasteiger partial charge < -0.3 is 15.2 Å². The summed E-state index contributed by atoms with van der Waals surface area (Å²) in [7, 11) is 0. The van der Waals surface area contributed by atoms with Gasteiger partial charge in [0.25, 0.3) is 0 Å². The van der Waals surface area contributed by atoms with Crippen LogP contribution in [-0.4, -0.2) is 38.4 Å². The van der Waals surface area contributed by atoms with E-state index in [1.165, 1.54) is 0 Å². The fraction of sp³-hybridized carbons (Fsp3) is 0.500. The van der Waals surface area contributed by atoms with E-state index in [1.54, 1.807) is 12.1 Å². The molecule has 2 N–H and O–H groups in total. The zero-order valence-corrected chi connectivity index (χ0v) is 13.7. The lowest BCUT2D eigenvalue weighted by Gasteiger charge is -2.48. The van der Waals surface area contributed by atoms with E-state index in [0.29, 0.717) is 18.0 Å². The van der Waals surface area contributed by atoms with Crippen molar-refractivity contribution in [3.05, 3.63) is 29.8 Å². The van der Waals surface area contributed by atoms with Gasteiger partial charge in [-0.15, -0.1) is 0 Å². The molecule has 0 aromatic heterocycles. The maximum absolute atomic E-state index is 12.4. The van der Waals surface area contributed by atoms with Gasteiger partial charge >= 0.3 is 5.97 Å². The average molecular weight is 320 g/mol. The van der Waals surface area contributed by atoms with Gasteiger partial charge in [0, 0.05) is 18.4 Å². The Morgan fingerprint density at radius 3 is 2.64 bits per heavy atom. The fourth-order valence-corrected chi connectivity index (χ4v) is 4.09. The minimum absolute atomic E-state index is 0.208. The van der Waals surface area contributed by atoms with E-state index >= 15 is 0 Å². The van der Waals surface area contributed by atoms with Gasteiger partial charge in [0.2, 0.25) is 0 Å². The number of nitrogens with zero attached hydrogens (tertiary/aromatic N) is 1. The normalized spacial score (nSPS) is 29.8. The topological polar surface area (TPSA) is 61.8 Å². The fourth-order valence-electron chi connectivity index (χ4n) is 3.49. The summed E-state index contributed by atoms with van der Waals surface area (Å²) < 4.78 is 5.68. The van der Waals surface area contributed by atoms with E-state index in [4.69, 9.17) is 17.0 Å². The third-order valence-corrected chi connectivity index (χ3v) is 4.51. The lowest BCUT2D eigenvalue weighted by atomic mass is 9.89. The largest absolute Gasteiger partial charge is 0.508 e. The molecule has 2 aliphatic rings. The van der Waals surface area contributed by atoms with E-state index in [1.807, 2.05) is 37.8 Å². The van der Waals surface area contributed by atoms with Crippen LogP contribution in [0.4, 0.5) is 0 Å². The molecule has 2 atom stereocenters. The highest BCUT2D eigenvalue weighted by Gasteiger charge is 2.56. The molecule has 2 fully saturated rings. The Hall–Kier alpha value is -1.82. The number of esters is 1. The van der Waals surface area contributed by atoms with Crippen LogP contribution in [0.1, 0.15) is 32.8 Å². The molecule has 2 heterocycles. The molecule has 22 heavy (non-hydrogen) atoms. The van der Waals surface area contributed by atoms with E-state index in [9.17, 15) is 9.90 Å². The first kappa shape index (κ1) is 15.1. The van der Waals surface area contributed by atoms with Crippen LogP contribution in [0.5, 0.6) is 5.75 Å². The molecule has 0 bridgehead atoms. The summed E-state index contributed by atoms with van der Waals surface area (Å²) in [5.41, 5.74) is 0.0391. The molecule has 1 aromatic carbocycles. The Bertz CT molecular complexity index is 629. The average Bonchev–Trinajstić information content (AvgIpc) is 2.61. The van der Waals surface area contributed by atoms with Crippen molar-refractivity contribution in [1.82, 2.24) is 10.2 Å². The number of hydrogen-bond donors (Lipinski definition) is 2. The molecule has 3 rings (SSSR count). The molecular formula is C16H20N2O3S. The number of ether oxygens (including phenoxy) is 1. The molecule has 0 unspecified atom stereocenters. The molecule has 0 saturated carbocycles. The van der Waals surface area contributed by atoms with Crippen LogP contribution in [0.2, 0.25) is 0 Å². The quantitative estimate of drug-likeness (QED) is 0.641. The monoisotopic (exact) mass is 320 g/mol. The van der Waals surface area contributed by atoms with Crippen LogP contribution >= 0.6 is 12.2 Å². The molecule has 0 radical (unpaired) electrons. The number of benzene rings is 1. The summed E-state index contributed by atoms with van der Waals surface area (Å²) in [5.74, 6) is -0.0445. The predicted molar refractivity (Wildman–Crippen MR) is 86.4 cm³/mol. The minimum atomic E-state index is -0.704. The Balaban J connectivity index is 1.88. The zero-order chi connectivity index (χ0) is 16.1. The van der Waals surface area contributed by atoms with Crippen LogP contribution in [0.25, 0.3) is 0 Å². The molecule has 2 aliphatic heterocycles. The van der Waals surface area contributed by atoms with E-state index < -0.39 is 11.8 Å². The van der Waals surface area contributed by atoms with E-state index in [0.717, 1.165) is 5.56 Å². The summed E-state index contributed by atoms with van der Waals surface area (Å²) in [6, 6.07) is 6.41. The molecule has 118 valence electrons. The molecule has 0 spiro atoms. The summed E-state index contributed by atoms with van der Waals surface area (Å²) >= 11 is 5.47. The number of nitrogens with one attached hydrogen (secondary N) is 1. The maximum atomic E-state index is 12.4. The van der Waals surface area contributed by atoms with Crippen LogP contribution in [0.3, 0.4) is 0 Å². The third kappa shape index (κ3) is 2.52. The minimum Gasteiger partial charge on any atom is -0.508 e.